The molecule has 0 unspecified atom stereocenters. The van der Waals surface area contributed by atoms with Gasteiger partial charge in [-0.15, -0.1) is 0 Å². The van der Waals surface area contributed by atoms with E-state index in [1.807, 2.05) is 0 Å². The Kier molecular flexibility index (Phi) is 6.37. The monoisotopic (exact) mass is 419 g/mol. The van der Waals surface area contributed by atoms with Crippen molar-refractivity contribution in [1.82, 2.24) is 15.6 Å². The zero-order chi connectivity index (χ0) is 17.5. The normalized spacial score (nSPS) is 11.3. The van der Waals surface area contributed by atoms with Crippen molar-refractivity contribution >= 4 is 45.3 Å². The fourth-order valence-electron chi connectivity index (χ4n) is 1.57. The Morgan fingerprint density at radius 2 is 2.25 bits per heavy atom. The van der Waals surface area contributed by atoms with Crippen LogP contribution >= 0.6 is 27.7 Å². The van der Waals surface area contributed by atoms with E-state index in [1.54, 1.807) is 0 Å². The van der Waals surface area contributed by atoms with Gasteiger partial charge < -0.3 is 20.9 Å². The molecule has 4 N–H and O–H groups in total. The highest BCUT2D eigenvalue weighted by molar-refractivity contribution is 9.10. The summed E-state index contributed by atoms with van der Waals surface area (Å²) in [6.07, 6.45) is -1.13. The smallest absolute Gasteiger partial charge is 0.404 e. The minimum atomic E-state index is -1.13. The van der Waals surface area contributed by atoms with Gasteiger partial charge in [-0.05, 0) is 44.4 Å². The Bertz CT molecular complexity index is 757. The standard InChI is InChI=1S/C12H11BrFN5O4S/c13-7-5-6(1-2-8(7)14)16-10(17-22)9-11(19-23-18-9)24-4-3-15-12(20)21/h1-2,5,15,22H,3-4H2,(H,16,17)(H,20,21). The van der Waals surface area contributed by atoms with Crippen molar-refractivity contribution < 1.29 is 24.1 Å². The number of nitrogens with one attached hydrogen (secondary N) is 2. The second-order valence-electron chi connectivity index (χ2n) is 4.20. The van der Waals surface area contributed by atoms with Crippen LogP contribution in [0.3, 0.4) is 0 Å². The van der Waals surface area contributed by atoms with Gasteiger partial charge in [0, 0.05) is 18.0 Å². The third-order valence-electron chi connectivity index (χ3n) is 2.58. The lowest BCUT2D eigenvalue weighted by molar-refractivity contribution is 0.195. The number of rotatable bonds is 6. The summed E-state index contributed by atoms with van der Waals surface area (Å²) in [5.74, 6) is -0.120. The van der Waals surface area contributed by atoms with Crippen LogP contribution in [0.1, 0.15) is 5.69 Å². The van der Waals surface area contributed by atoms with Crippen LogP contribution in [-0.2, 0) is 0 Å². The number of hydrogen-bond donors (Lipinski definition) is 4. The predicted molar refractivity (Wildman–Crippen MR) is 87.1 cm³/mol. The third kappa shape index (κ3) is 4.83. The van der Waals surface area contributed by atoms with E-state index in [4.69, 9.17) is 5.11 Å². The molecule has 1 aromatic heterocycles. The number of anilines is 1. The molecule has 0 atom stereocenters. The zero-order valence-electron chi connectivity index (χ0n) is 11.9. The number of halogens is 2. The summed E-state index contributed by atoms with van der Waals surface area (Å²) in [7, 11) is 0. The summed E-state index contributed by atoms with van der Waals surface area (Å²) in [5.41, 5.74) is 0.584. The number of carboxylic acid groups (broad SMARTS) is 1. The molecular weight excluding hydrogens is 409 g/mol. The van der Waals surface area contributed by atoms with Crippen molar-refractivity contribution in [1.29, 1.82) is 0 Å². The van der Waals surface area contributed by atoms with Crippen LogP contribution in [0.5, 0.6) is 0 Å². The molecule has 2 aromatic rings. The lowest BCUT2D eigenvalue weighted by atomic mass is 10.3. The Morgan fingerprint density at radius 1 is 1.46 bits per heavy atom. The van der Waals surface area contributed by atoms with Crippen molar-refractivity contribution in [3.63, 3.8) is 0 Å². The fraction of sp³-hybridized carbons (Fsp3) is 0.167. The summed E-state index contributed by atoms with van der Waals surface area (Å²) in [6, 6.07) is 4.13. The van der Waals surface area contributed by atoms with Crippen molar-refractivity contribution in [2.24, 2.45) is 5.16 Å². The molecule has 0 spiro atoms. The second-order valence-corrected chi connectivity index (χ2v) is 6.14. The number of hydrogen-bond acceptors (Lipinski definition) is 7. The summed E-state index contributed by atoms with van der Waals surface area (Å²) < 4.78 is 18.1. The van der Waals surface area contributed by atoms with E-state index in [2.05, 4.69) is 46.7 Å². The van der Waals surface area contributed by atoms with Gasteiger partial charge in [-0.1, -0.05) is 16.9 Å². The quantitative estimate of drug-likeness (QED) is 0.140. The molecule has 1 amide bonds. The Morgan fingerprint density at radius 3 is 2.92 bits per heavy atom. The first-order valence-electron chi connectivity index (χ1n) is 6.38. The number of carbonyl (C=O) groups is 1. The Hall–Kier alpha value is -2.34. The molecule has 9 nitrogen and oxygen atoms in total. The average Bonchev–Trinajstić information content (AvgIpc) is 3.00. The van der Waals surface area contributed by atoms with Crippen LogP contribution in [0.25, 0.3) is 0 Å². The molecule has 0 aliphatic carbocycles. The topological polar surface area (TPSA) is 133 Å². The van der Waals surface area contributed by atoms with Crippen molar-refractivity contribution in [3.05, 3.63) is 34.2 Å². The summed E-state index contributed by atoms with van der Waals surface area (Å²) >= 11 is 4.21. The highest BCUT2D eigenvalue weighted by Gasteiger charge is 2.18. The van der Waals surface area contributed by atoms with Gasteiger partial charge in [-0.3, -0.25) is 0 Å². The minimum Gasteiger partial charge on any atom is -0.465 e. The van der Waals surface area contributed by atoms with E-state index in [-0.39, 0.29) is 22.5 Å². The Balaban J connectivity index is 2.07. The van der Waals surface area contributed by atoms with E-state index in [9.17, 15) is 14.4 Å². The van der Waals surface area contributed by atoms with Gasteiger partial charge in [0.25, 0.3) is 0 Å². The highest BCUT2D eigenvalue weighted by atomic mass is 79.9. The zero-order valence-corrected chi connectivity index (χ0v) is 14.3. The molecule has 0 aliphatic heterocycles. The first-order valence-corrected chi connectivity index (χ1v) is 8.15. The van der Waals surface area contributed by atoms with Gasteiger partial charge in [0.2, 0.25) is 5.84 Å². The van der Waals surface area contributed by atoms with Gasteiger partial charge in [-0.25, -0.2) is 13.8 Å². The second kappa shape index (κ2) is 8.49. The van der Waals surface area contributed by atoms with E-state index in [0.717, 1.165) is 11.8 Å². The maximum Gasteiger partial charge on any atom is 0.404 e. The number of amides is 1. The van der Waals surface area contributed by atoms with Crippen LogP contribution in [0.2, 0.25) is 0 Å². The number of nitrogens with zero attached hydrogens (tertiary/aromatic N) is 3. The molecule has 0 bridgehead atoms. The maximum atomic E-state index is 13.2. The molecule has 0 fully saturated rings. The van der Waals surface area contributed by atoms with Crippen LogP contribution in [0.4, 0.5) is 14.9 Å². The first-order chi connectivity index (χ1) is 11.5. The number of benzene rings is 1. The van der Waals surface area contributed by atoms with Crippen molar-refractivity contribution in [2.75, 3.05) is 17.6 Å². The van der Waals surface area contributed by atoms with E-state index in [0.29, 0.717) is 16.5 Å². The lowest BCUT2D eigenvalue weighted by Gasteiger charge is -2.07. The highest BCUT2D eigenvalue weighted by Crippen LogP contribution is 2.23. The summed E-state index contributed by atoms with van der Waals surface area (Å²) in [4.78, 5) is 10.4. The predicted octanol–water partition coefficient (Wildman–Crippen LogP) is 2.58. The summed E-state index contributed by atoms with van der Waals surface area (Å²) in [5, 5.41) is 33.4. The van der Waals surface area contributed by atoms with Gasteiger partial charge in [0.15, 0.2) is 10.7 Å². The molecule has 12 heteroatoms. The molecule has 2 rings (SSSR count). The van der Waals surface area contributed by atoms with Gasteiger partial charge in [0.1, 0.15) is 5.82 Å². The molecule has 0 saturated heterocycles. The van der Waals surface area contributed by atoms with Gasteiger partial charge >= 0.3 is 6.09 Å². The molecular formula is C12H11BrFN5O4S. The molecule has 0 radical (unpaired) electrons. The van der Waals surface area contributed by atoms with Gasteiger partial charge in [-0.2, -0.15) is 0 Å². The number of amidine groups is 1. The van der Waals surface area contributed by atoms with Crippen molar-refractivity contribution in [2.45, 2.75) is 5.03 Å². The number of aromatic nitrogens is 2. The number of oxime groups is 1. The molecule has 0 aliphatic rings. The maximum absolute atomic E-state index is 13.2. The fourth-order valence-corrected chi connectivity index (χ4v) is 2.70. The Labute approximate surface area is 147 Å². The molecule has 1 heterocycles. The van der Waals surface area contributed by atoms with E-state index < -0.39 is 11.9 Å². The SMILES string of the molecule is O=C(O)NCCSc1nonc1/C(=N/O)Nc1ccc(F)c(Br)c1. The first kappa shape index (κ1) is 18.0. The molecule has 0 saturated carbocycles. The van der Waals surface area contributed by atoms with E-state index in [1.165, 1.54) is 18.2 Å². The molecule has 24 heavy (non-hydrogen) atoms. The third-order valence-corrected chi connectivity index (χ3v) is 4.14. The van der Waals surface area contributed by atoms with Crippen LogP contribution in [-0.4, -0.2) is 44.9 Å². The van der Waals surface area contributed by atoms with E-state index >= 15 is 0 Å². The summed E-state index contributed by atoms with van der Waals surface area (Å²) in [6.45, 7) is 0.191. The van der Waals surface area contributed by atoms with Crippen LogP contribution in [0.15, 0.2) is 37.5 Å². The van der Waals surface area contributed by atoms with Crippen LogP contribution < -0.4 is 10.6 Å². The number of thioether (sulfide) groups is 1. The molecule has 128 valence electrons. The van der Waals surface area contributed by atoms with Crippen LogP contribution in [0, 0.1) is 5.82 Å². The van der Waals surface area contributed by atoms with Gasteiger partial charge in [0.05, 0.1) is 4.47 Å². The largest absolute Gasteiger partial charge is 0.465 e. The average molecular weight is 420 g/mol. The lowest BCUT2D eigenvalue weighted by Crippen LogP contribution is -2.23. The van der Waals surface area contributed by atoms with Crippen molar-refractivity contribution in [3.8, 4) is 0 Å². The minimum absolute atomic E-state index is 0.0524. The molecule has 1 aromatic carbocycles.